The van der Waals surface area contributed by atoms with Crippen LogP contribution in [0.25, 0.3) is 0 Å². The highest BCUT2D eigenvalue weighted by molar-refractivity contribution is 7.91. The summed E-state index contributed by atoms with van der Waals surface area (Å²) < 4.78 is 26.6. The van der Waals surface area contributed by atoms with Crippen LogP contribution in [-0.2, 0) is 19.4 Å². The lowest BCUT2D eigenvalue weighted by molar-refractivity contribution is -0.118. The summed E-state index contributed by atoms with van der Waals surface area (Å²) in [7, 11) is -3.20. The molecule has 6 nitrogen and oxygen atoms in total. The molecule has 0 aromatic carbocycles. The average molecular weight is 222 g/mol. The molecule has 0 radical (unpaired) electrons. The number of nitrogens with one attached hydrogen (secondary N) is 2. The van der Waals surface area contributed by atoms with E-state index < -0.39 is 21.2 Å². The standard InChI is InChI=1S/C7H14N2O4S/c1-4-7(10)9-8-5-13-6(2)14(3,11)12/h4,6,8H,1,5H2,2-3H3,(H,9,10). The van der Waals surface area contributed by atoms with E-state index in [2.05, 4.69) is 17.4 Å². The summed E-state index contributed by atoms with van der Waals surface area (Å²) in [6.07, 6.45) is 2.15. The Kier molecular flexibility index (Phi) is 5.36. The second-order valence-corrected chi connectivity index (χ2v) is 4.90. The second-order valence-electron chi connectivity index (χ2n) is 2.58. The Morgan fingerprint density at radius 1 is 1.64 bits per heavy atom. The molecule has 0 saturated carbocycles. The van der Waals surface area contributed by atoms with E-state index in [4.69, 9.17) is 4.74 Å². The number of hydrazine groups is 1. The zero-order chi connectivity index (χ0) is 11.2. The van der Waals surface area contributed by atoms with E-state index in [1.807, 2.05) is 0 Å². The van der Waals surface area contributed by atoms with Crippen molar-refractivity contribution in [2.24, 2.45) is 0 Å². The molecule has 0 fully saturated rings. The quantitative estimate of drug-likeness (QED) is 0.265. The van der Waals surface area contributed by atoms with Crippen LogP contribution in [0.15, 0.2) is 12.7 Å². The van der Waals surface area contributed by atoms with Gasteiger partial charge in [-0.1, -0.05) is 6.58 Å². The normalized spacial score (nSPS) is 13.3. The van der Waals surface area contributed by atoms with Gasteiger partial charge >= 0.3 is 0 Å². The molecule has 1 unspecified atom stereocenters. The van der Waals surface area contributed by atoms with Crippen molar-refractivity contribution in [1.82, 2.24) is 10.9 Å². The van der Waals surface area contributed by atoms with E-state index in [9.17, 15) is 13.2 Å². The number of amides is 1. The first-order valence-corrected chi connectivity index (χ1v) is 5.79. The minimum Gasteiger partial charge on any atom is -0.346 e. The molecule has 0 aliphatic rings. The third-order valence-corrected chi connectivity index (χ3v) is 2.73. The van der Waals surface area contributed by atoms with Gasteiger partial charge in [0.1, 0.15) is 6.73 Å². The number of carbonyl (C=O) groups excluding carboxylic acids is 1. The summed E-state index contributed by atoms with van der Waals surface area (Å²) >= 11 is 0. The van der Waals surface area contributed by atoms with Crippen molar-refractivity contribution in [1.29, 1.82) is 0 Å². The summed E-state index contributed by atoms with van der Waals surface area (Å²) in [6, 6.07) is 0. The molecule has 0 saturated heterocycles. The lowest BCUT2D eigenvalue weighted by Crippen LogP contribution is -2.39. The first kappa shape index (κ1) is 13.1. The number of carbonyl (C=O) groups is 1. The highest BCUT2D eigenvalue weighted by Crippen LogP contribution is 1.97. The number of hydrogen-bond donors (Lipinski definition) is 2. The van der Waals surface area contributed by atoms with Crippen molar-refractivity contribution in [3.05, 3.63) is 12.7 Å². The number of rotatable bonds is 6. The Morgan fingerprint density at radius 2 is 2.21 bits per heavy atom. The van der Waals surface area contributed by atoms with Gasteiger partial charge in [0.15, 0.2) is 15.3 Å². The predicted octanol–water partition coefficient (Wildman–Crippen LogP) is -0.842. The van der Waals surface area contributed by atoms with E-state index >= 15 is 0 Å². The minimum absolute atomic E-state index is 0.0895. The highest BCUT2D eigenvalue weighted by Gasteiger charge is 2.14. The average Bonchev–Trinajstić information content (AvgIpc) is 2.09. The maximum atomic E-state index is 10.9. The van der Waals surface area contributed by atoms with E-state index in [0.29, 0.717) is 0 Å². The van der Waals surface area contributed by atoms with Gasteiger partial charge in [-0.05, 0) is 13.0 Å². The largest absolute Gasteiger partial charge is 0.346 e. The Bertz CT molecular complexity index is 299. The summed E-state index contributed by atoms with van der Waals surface area (Å²) in [5, 5.41) is 0. The summed E-state index contributed by atoms with van der Waals surface area (Å²) in [5.41, 5.74) is 3.69. The third kappa shape index (κ3) is 5.68. The van der Waals surface area contributed by atoms with E-state index in [1.165, 1.54) is 6.92 Å². The van der Waals surface area contributed by atoms with Gasteiger partial charge in [-0.3, -0.25) is 10.2 Å². The van der Waals surface area contributed by atoms with Crippen LogP contribution in [0.2, 0.25) is 0 Å². The maximum absolute atomic E-state index is 10.9. The molecule has 0 heterocycles. The van der Waals surface area contributed by atoms with E-state index in [-0.39, 0.29) is 6.73 Å². The highest BCUT2D eigenvalue weighted by atomic mass is 32.2. The van der Waals surface area contributed by atoms with Crippen LogP contribution >= 0.6 is 0 Å². The van der Waals surface area contributed by atoms with Crippen molar-refractivity contribution in [2.75, 3.05) is 13.0 Å². The molecule has 1 atom stereocenters. The predicted molar refractivity (Wildman–Crippen MR) is 51.7 cm³/mol. The van der Waals surface area contributed by atoms with E-state index in [0.717, 1.165) is 12.3 Å². The molecule has 14 heavy (non-hydrogen) atoms. The van der Waals surface area contributed by atoms with Crippen LogP contribution in [-0.4, -0.2) is 32.7 Å². The van der Waals surface area contributed by atoms with Crippen molar-refractivity contribution in [3.63, 3.8) is 0 Å². The monoisotopic (exact) mass is 222 g/mol. The Morgan fingerprint density at radius 3 is 2.64 bits per heavy atom. The lowest BCUT2D eigenvalue weighted by atomic mass is 10.6. The molecular formula is C7H14N2O4S. The maximum Gasteiger partial charge on any atom is 0.257 e. The molecule has 7 heteroatoms. The third-order valence-electron chi connectivity index (χ3n) is 1.39. The molecule has 0 aliphatic carbocycles. The Hall–Kier alpha value is -0.920. The number of sulfone groups is 1. The lowest BCUT2D eigenvalue weighted by Gasteiger charge is -2.11. The van der Waals surface area contributed by atoms with Gasteiger partial charge in [-0.15, -0.1) is 0 Å². The van der Waals surface area contributed by atoms with Crippen molar-refractivity contribution < 1.29 is 17.9 Å². The topological polar surface area (TPSA) is 84.5 Å². The number of ether oxygens (including phenoxy) is 1. The Labute approximate surface area is 83.2 Å². The van der Waals surface area contributed by atoms with Gasteiger partial charge in [0, 0.05) is 6.26 Å². The molecule has 1 amide bonds. The van der Waals surface area contributed by atoms with Crippen LogP contribution in [0.4, 0.5) is 0 Å². The van der Waals surface area contributed by atoms with Crippen LogP contribution in [0.3, 0.4) is 0 Å². The van der Waals surface area contributed by atoms with Crippen LogP contribution in [0.1, 0.15) is 6.92 Å². The van der Waals surface area contributed by atoms with Gasteiger partial charge in [0.25, 0.3) is 5.91 Å². The van der Waals surface area contributed by atoms with E-state index in [1.54, 1.807) is 0 Å². The minimum atomic E-state index is -3.20. The molecule has 0 bridgehead atoms. The van der Waals surface area contributed by atoms with Crippen molar-refractivity contribution in [2.45, 2.75) is 12.4 Å². The molecule has 0 aromatic rings. The molecule has 0 aromatic heterocycles. The fourth-order valence-corrected chi connectivity index (χ4v) is 0.772. The SMILES string of the molecule is C=CC(=O)NNCOC(C)S(C)(=O)=O. The molecule has 82 valence electrons. The van der Waals surface area contributed by atoms with Crippen LogP contribution in [0.5, 0.6) is 0 Å². The molecule has 0 rings (SSSR count). The van der Waals surface area contributed by atoms with Gasteiger partial charge < -0.3 is 4.74 Å². The summed E-state index contributed by atoms with van der Waals surface area (Å²) in [5.74, 6) is -0.416. The molecule has 2 N–H and O–H groups in total. The molecule has 0 spiro atoms. The van der Waals surface area contributed by atoms with Crippen molar-refractivity contribution >= 4 is 15.7 Å². The van der Waals surface area contributed by atoms with Crippen molar-refractivity contribution in [3.8, 4) is 0 Å². The first-order chi connectivity index (χ1) is 6.38. The Balaban J connectivity index is 3.66. The van der Waals surface area contributed by atoms with Gasteiger partial charge in [-0.25, -0.2) is 13.8 Å². The zero-order valence-corrected chi connectivity index (χ0v) is 8.93. The second kappa shape index (κ2) is 5.74. The first-order valence-electron chi connectivity index (χ1n) is 3.83. The van der Waals surface area contributed by atoms with Gasteiger partial charge in [0.05, 0.1) is 0 Å². The fraction of sp³-hybridized carbons (Fsp3) is 0.571. The number of hydrogen-bond acceptors (Lipinski definition) is 5. The smallest absolute Gasteiger partial charge is 0.257 e. The molecular weight excluding hydrogens is 208 g/mol. The van der Waals surface area contributed by atoms with Gasteiger partial charge in [-0.2, -0.15) is 0 Å². The zero-order valence-electron chi connectivity index (χ0n) is 8.11. The fourth-order valence-electron chi connectivity index (χ4n) is 0.457. The summed E-state index contributed by atoms with van der Waals surface area (Å²) in [6.45, 7) is 4.54. The molecule has 0 aliphatic heterocycles. The van der Waals surface area contributed by atoms with Crippen LogP contribution in [0, 0.1) is 0 Å². The van der Waals surface area contributed by atoms with Crippen LogP contribution < -0.4 is 10.9 Å². The van der Waals surface area contributed by atoms with Gasteiger partial charge in [0.2, 0.25) is 0 Å². The summed E-state index contributed by atoms with van der Waals surface area (Å²) in [4.78, 5) is 10.6.